The van der Waals surface area contributed by atoms with E-state index in [1.807, 2.05) is 0 Å². The van der Waals surface area contributed by atoms with Crippen LogP contribution in [0, 0.1) is 5.92 Å². The predicted octanol–water partition coefficient (Wildman–Crippen LogP) is 2.86. The first-order valence-electron chi connectivity index (χ1n) is 7.81. The second kappa shape index (κ2) is 6.06. The van der Waals surface area contributed by atoms with Gasteiger partial charge >= 0.3 is 0 Å². The second-order valence-electron chi connectivity index (χ2n) is 6.20. The Balaban J connectivity index is 1.66. The Hall–Kier alpha value is -0.860. The first-order valence-corrected chi connectivity index (χ1v) is 7.81. The number of hydrogen-bond donors (Lipinski definition) is 2. The minimum absolute atomic E-state index is 0.135. The Kier molecular flexibility index (Phi) is 4.19. The Morgan fingerprint density at radius 3 is 2.95 bits per heavy atom. The number of benzene rings is 1. The summed E-state index contributed by atoms with van der Waals surface area (Å²) in [5, 5.41) is 13.9. The summed E-state index contributed by atoms with van der Waals surface area (Å²) < 4.78 is 0. The van der Waals surface area contributed by atoms with Crippen molar-refractivity contribution in [3.8, 4) is 0 Å². The highest BCUT2D eigenvalue weighted by molar-refractivity contribution is 5.32. The number of aryl methyl sites for hydroxylation is 1. The summed E-state index contributed by atoms with van der Waals surface area (Å²) in [6.45, 7) is 2.12. The van der Waals surface area contributed by atoms with Crippen molar-refractivity contribution in [1.82, 2.24) is 5.32 Å². The molecule has 3 atom stereocenters. The van der Waals surface area contributed by atoms with Gasteiger partial charge in [0, 0.05) is 6.54 Å². The lowest BCUT2D eigenvalue weighted by atomic mass is 9.77. The molecule has 1 aromatic carbocycles. The van der Waals surface area contributed by atoms with Gasteiger partial charge in [0.25, 0.3) is 0 Å². The van der Waals surface area contributed by atoms with Gasteiger partial charge < -0.3 is 10.4 Å². The maximum Gasteiger partial charge on any atom is 0.0586 e. The molecule has 0 aromatic heterocycles. The van der Waals surface area contributed by atoms with E-state index >= 15 is 0 Å². The average molecular weight is 259 g/mol. The van der Waals surface area contributed by atoms with Crippen molar-refractivity contribution in [2.75, 3.05) is 13.1 Å². The quantitative estimate of drug-likeness (QED) is 0.875. The van der Waals surface area contributed by atoms with Crippen molar-refractivity contribution in [3.63, 3.8) is 0 Å². The Bertz CT molecular complexity index is 411. The molecule has 0 amide bonds. The standard InChI is InChI=1S/C17H25NO/c19-17(15-8-4-10-18-12-15)11-14-7-3-6-13-5-1-2-9-16(13)14/h1-2,5,9,14-15,17-19H,3-4,6-8,10-12H2. The lowest BCUT2D eigenvalue weighted by Gasteiger charge is -2.32. The summed E-state index contributed by atoms with van der Waals surface area (Å²) in [6.07, 6.45) is 6.94. The zero-order chi connectivity index (χ0) is 13.1. The third-order valence-electron chi connectivity index (χ3n) is 4.90. The fourth-order valence-corrected chi connectivity index (χ4v) is 3.79. The summed E-state index contributed by atoms with van der Waals surface area (Å²) in [6, 6.07) is 8.81. The molecule has 0 spiro atoms. The highest BCUT2D eigenvalue weighted by atomic mass is 16.3. The van der Waals surface area contributed by atoms with Crippen LogP contribution in [0.25, 0.3) is 0 Å². The van der Waals surface area contributed by atoms with E-state index in [-0.39, 0.29) is 6.10 Å². The minimum Gasteiger partial charge on any atom is -0.393 e. The summed E-state index contributed by atoms with van der Waals surface area (Å²) in [4.78, 5) is 0. The van der Waals surface area contributed by atoms with E-state index in [0.717, 1.165) is 19.5 Å². The zero-order valence-corrected chi connectivity index (χ0v) is 11.6. The summed E-state index contributed by atoms with van der Waals surface area (Å²) in [7, 11) is 0. The van der Waals surface area contributed by atoms with Gasteiger partial charge in [-0.15, -0.1) is 0 Å². The molecule has 2 N–H and O–H groups in total. The molecule has 2 heteroatoms. The van der Waals surface area contributed by atoms with E-state index in [4.69, 9.17) is 0 Å². The van der Waals surface area contributed by atoms with Gasteiger partial charge in [0.05, 0.1) is 6.10 Å². The molecule has 1 aliphatic heterocycles. The monoisotopic (exact) mass is 259 g/mol. The van der Waals surface area contributed by atoms with E-state index < -0.39 is 0 Å². The van der Waals surface area contributed by atoms with Gasteiger partial charge in [-0.2, -0.15) is 0 Å². The number of fused-ring (bicyclic) bond motifs is 1. The summed E-state index contributed by atoms with van der Waals surface area (Å²) >= 11 is 0. The molecule has 3 unspecified atom stereocenters. The fourth-order valence-electron chi connectivity index (χ4n) is 3.79. The molecule has 0 saturated carbocycles. The first-order chi connectivity index (χ1) is 9.34. The van der Waals surface area contributed by atoms with Crippen LogP contribution in [0.3, 0.4) is 0 Å². The van der Waals surface area contributed by atoms with Gasteiger partial charge in [-0.3, -0.25) is 0 Å². The SMILES string of the molecule is OC(CC1CCCc2ccccc21)C1CCCNC1. The Morgan fingerprint density at radius 2 is 2.11 bits per heavy atom. The van der Waals surface area contributed by atoms with Crippen LogP contribution in [-0.4, -0.2) is 24.3 Å². The molecule has 0 bridgehead atoms. The molecule has 1 aromatic rings. The van der Waals surface area contributed by atoms with Crippen LogP contribution in [0.4, 0.5) is 0 Å². The summed E-state index contributed by atoms with van der Waals surface area (Å²) in [5.41, 5.74) is 3.00. The maximum absolute atomic E-state index is 10.5. The smallest absolute Gasteiger partial charge is 0.0586 e. The van der Waals surface area contributed by atoms with Crippen molar-refractivity contribution in [1.29, 1.82) is 0 Å². The molecular formula is C17H25NO. The van der Waals surface area contributed by atoms with E-state index in [1.54, 1.807) is 0 Å². The van der Waals surface area contributed by atoms with Gasteiger partial charge in [0.2, 0.25) is 0 Å². The van der Waals surface area contributed by atoms with Gasteiger partial charge in [-0.1, -0.05) is 24.3 Å². The molecule has 3 rings (SSSR count). The Labute approximate surface area is 116 Å². The van der Waals surface area contributed by atoms with E-state index in [9.17, 15) is 5.11 Å². The van der Waals surface area contributed by atoms with E-state index in [0.29, 0.717) is 11.8 Å². The van der Waals surface area contributed by atoms with Crippen LogP contribution in [-0.2, 0) is 6.42 Å². The lowest BCUT2D eigenvalue weighted by molar-refractivity contribution is 0.0756. The second-order valence-corrected chi connectivity index (χ2v) is 6.20. The zero-order valence-electron chi connectivity index (χ0n) is 11.6. The summed E-state index contributed by atoms with van der Waals surface area (Å²) in [5.74, 6) is 1.03. The molecular weight excluding hydrogens is 234 g/mol. The highest BCUT2D eigenvalue weighted by Gasteiger charge is 2.27. The molecule has 1 heterocycles. The van der Waals surface area contributed by atoms with Crippen molar-refractivity contribution < 1.29 is 5.11 Å². The molecule has 1 fully saturated rings. The minimum atomic E-state index is -0.135. The maximum atomic E-state index is 10.5. The number of aliphatic hydroxyl groups excluding tert-OH is 1. The van der Waals surface area contributed by atoms with Crippen LogP contribution < -0.4 is 5.32 Å². The number of aliphatic hydroxyl groups is 1. The number of rotatable bonds is 3. The largest absolute Gasteiger partial charge is 0.393 e. The molecule has 1 aliphatic carbocycles. The highest BCUT2D eigenvalue weighted by Crippen LogP contribution is 2.36. The molecule has 1 saturated heterocycles. The van der Waals surface area contributed by atoms with E-state index in [2.05, 4.69) is 29.6 Å². The van der Waals surface area contributed by atoms with Crippen molar-refractivity contribution in [2.24, 2.45) is 5.92 Å². The average Bonchev–Trinajstić information content (AvgIpc) is 2.48. The number of hydrogen-bond acceptors (Lipinski definition) is 2. The van der Waals surface area contributed by atoms with Crippen LogP contribution in [0.1, 0.15) is 49.1 Å². The van der Waals surface area contributed by atoms with Crippen LogP contribution in [0.5, 0.6) is 0 Å². The number of nitrogens with one attached hydrogen (secondary N) is 1. The van der Waals surface area contributed by atoms with Gasteiger partial charge in [-0.25, -0.2) is 0 Å². The first kappa shape index (κ1) is 13.1. The number of piperidine rings is 1. The van der Waals surface area contributed by atoms with Gasteiger partial charge in [0.1, 0.15) is 0 Å². The lowest BCUT2D eigenvalue weighted by Crippen LogP contribution is -2.37. The van der Waals surface area contributed by atoms with Crippen molar-refractivity contribution in [3.05, 3.63) is 35.4 Å². The van der Waals surface area contributed by atoms with Crippen molar-refractivity contribution in [2.45, 2.75) is 50.5 Å². The van der Waals surface area contributed by atoms with Crippen LogP contribution in [0.15, 0.2) is 24.3 Å². The van der Waals surface area contributed by atoms with E-state index in [1.165, 1.54) is 43.2 Å². The molecule has 0 radical (unpaired) electrons. The normalized spacial score (nSPS) is 28.7. The predicted molar refractivity (Wildman–Crippen MR) is 78.3 cm³/mol. The third kappa shape index (κ3) is 3.01. The molecule has 2 nitrogen and oxygen atoms in total. The fraction of sp³-hybridized carbons (Fsp3) is 0.647. The molecule has 19 heavy (non-hydrogen) atoms. The topological polar surface area (TPSA) is 32.3 Å². The molecule has 2 aliphatic rings. The van der Waals surface area contributed by atoms with Crippen LogP contribution >= 0.6 is 0 Å². The van der Waals surface area contributed by atoms with Crippen molar-refractivity contribution >= 4 is 0 Å². The molecule has 104 valence electrons. The van der Waals surface area contributed by atoms with Gasteiger partial charge in [0.15, 0.2) is 0 Å². The van der Waals surface area contributed by atoms with Crippen LogP contribution in [0.2, 0.25) is 0 Å². The van der Waals surface area contributed by atoms with Gasteiger partial charge in [-0.05, 0) is 68.0 Å². The Morgan fingerprint density at radius 1 is 1.21 bits per heavy atom. The third-order valence-corrected chi connectivity index (χ3v) is 4.90.